The van der Waals surface area contributed by atoms with Crippen molar-refractivity contribution in [2.24, 2.45) is 0 Å². The molecular weight excluding hydrogens is 367 g/mol. The molecule has 24 heavy (non-hydrogen) atoms. The molecule has 1 atom stereocenters. The van der Waals surface area contributed by atoms with Gasteiger partial charge in [-0.25, -0.2) is 0 Å². The summed E-state index contributed by atoms with van der Waals surface area (Å²) in [5.41, 5.74) is 1.26. The number of halogens is 3. The SMILES string of the molecule is O=C(c1ccc(Cl)cc1Cl)N(c1ccc(Cl)cc1)C1CCCNC1. The summed E-state index contributed by atoms with van der Waals surface area (Å²) >= 11 is 18.2. The summed E-state index contributed by atoms with van der Waals surface area (Å²) in [6, 6.07) is 12.3. The van der Waals surface area contributed by atoms with E-state index in [-0.39, 0.29) is 11.9 Å². The van der Waals surface area contributed by atoms with E-state index in [1.165, 1.54) is 0 Å². The Morgan fingerprint density at radius 2 is 1.75 bits per heavy atom. The molecule has 1 unspecified atom stereocenters. The molecule has 3 nitrogen and oxygen atoms in total. The Balaban J connectivity index is 1.99. The van der Waals surface area contributed by atoms with Crippen LogP contribution in [0.4, 0.5) is 5.69 Å². The first kappa shape index (κ1) is 17.6. The minimum absolute atomic E-state index is 0.0687. The normalized spacial score (nSPS) is 17.5. The second kappa shape index (κ2) is 7.75. The molecular formula is C18H17Cl3N2O. The number of carbonyl (C=O) groups excluding carboxylic acids is 1. The maximum absolute atomic E-state index is 13.2. The number of hydrogen-bond donors (Lipinski definition) is 1. The maximum atomic E-state index is 13.2. The fraction of sp³-hybridized carbons (Fsp3) is 0.278. The number of piperidine rings is 1. The van der Waals surface area contributed by atoms with Gasteiger partial charge in [0.15, 0.2) is 0 Å². The van der Waals surface area contributed by atoms with Crippen molar-refractivity contribution >= 4 is 46.4 Å². The number of nitrogens with one attached hydrogen (secondary N) is 1. The van der Waals surface area contributed by atoms with Gasteiger partial charge in [-0.05, 0) is 61.9 Å². The first-order valence-electron chi connectivity index (χ1n) is 7.81. The number of carbonyl (C=O) groups is 1. The fourth-order valence-corrected chi connectivity index (χ4v) is 3.56. The molecule has 2 aromatic carbocycles. The molecule has 1 aliphatic rings. The molecule has 1 heterocycles. The molecule has 1 fully saturated rings. The van der Waals surface area contributed by atoms with E-state index in [4.69, 9.17) is 34.8 Å². The predicted octanol–water partition coefficient (Wildman–Crippen LogP) is 5.05. The summed E-state index contributed by atoms with van der Waals surface area (Å²) in [7, 11) is 0. The molecule has 1 saturated heterocycles. The van der Waals surface area contributed by atoms with Gasteiger partial charge in [0.1, 0.15) is 0 Å². The van der Waals surface area contributed by atoms with Crippen molar-refractivity contribution in [1.29, 1.82) is 0 Å². The van der Waals surface area contributed by atoms with Crippen molar-refractivity contribution in [2.75, 3.05) is 18.0 Å². The van der Waals surface area contributed by atoms with Gasteiger partial charge in [0.2, 0.25) is 0 Å². The van der Waals surface area contributed by atoms with Crippen LogP contribution in [0.3, 0.4) is 0 Å². The van der Waals surface area contributed by atoms with Crippen LogP contribution in [0.25, 0.3) is 0 Å². The number of rotatable bonds is 3. The quantitative estimate of drug-likeness (QED) is 0.805. The van der Waals surface area contributed by atoms with Crippen LogP contribution in [0.2, 0.25) is 15.1 Å². The minimum atomic E-state index is -0.132. The van der Waals surface area contributed by atoms with Crippen LogP contribution in [-0.4, -0.2) is 25.0 Å². The van der Waals surface area contributed by atoms with Gasteiger partial charge in [-0.1, -0.05) is 34.8 Å². The predicted molar refractivity (Wildman–Crippen MR) is 101 cm³/mol. The largest absolute Gasteiger partial charge is 0.315 e. The maximum Gasteiger partial charge on any atom is 0.260 e. The van der Waals surface area contributed by atoms with Crippen LogP contribution in [0.15, 0.2) is 42.5 Å². The van der Waals surface area contributed by atoms with Crippen molar-refractivity contribution in [2.45, 2.75) is 18.9 Å². The highest BCUT2D eigenvalue weighted by Crippen LogP contribution is 2.28. The van der Waals surface area contributed by atoms with Crippen LogP contribution < -0.4 is 10.2 Å². The molecule has 0 radical (unpaired) electrons. The summed E-state index contributed by atoms with van der Waals surface area (Å²) in [6.07, 6.45) is 1.96. The highest BCUT2D eigenvalue weighted by Gasteiger charge is 2.28. The highest BCUT2D eigenvalue weighted by molar-refractivity contribution is 6.37. The van der Waals surface area contributed by atoms with E-state index >= 15 is 0 Å². The van der Waals surface area contributed by atoms with Gasteiger partial charge in [0, 0.05) is 28.3 Å². The number of anilines is 1. The highest BCUT2D eigenvalue weighted by atomic mass is 35.5. The molecule has 0 bridgehead atoms. The summed E-state index contributed by atoms with van der Waals surface area (Å²) in [5.74, 6) is -0.132. The van der Waals surface area contributed by atoms with Crippen LogP contribution in [0.1, 0.15) is 23.2 Å². The first-order chi connectivity index (χ1) is 11.6. The molecule has 0 saturated carbocycles. The second-order valence-corrected chi connectivity index (χ2v) is 7.06. The molecule has 0 spiro atoms. The Labute approximate surface area is 156 Å². The third-order valence-corrected chi connectivity index (χ3v) is 4.92. The molecule has 0 aliphatic carbocycles. The van der Waals surface area contributed by atoms with Crippen molar-refractivity contribution in [1.82, 2.24) is 5.32 Å². The second-order valence-electron chi connectivity index (χ2n) is 5.78. The molecule has 6 heteroatoms. The van der Waals surface area contributed by atoms with E-state index in [2.05, 4.69) is 5.32 Å². The zero-order chi connectivity index (χ0) is 17.1. The first-order valence-corrected chi connectivity index (χ1v) is 8.94. The number of nitrogens with zero attached hydrogens (tertiary/aromatic N) is 1. The van der Waals surface area contributed by atoms with Crippen LogP contribution in [-0.2, 0) is 0 Å². The average Bonchev–Trinajstić information content (AvgIpc) is 2.58. The number of amides is 1. The Morgan fingerprint density at radius 3 is 2.38 bits per heavy atom. The third kappa shape index (κ3) is 3.86. The van der Waals surface area contributed by atoms with E-state index in [1.807, 2.05) is 12.1 Å². The van der Waals surface area contributed by atoms with E-state index < -0.39 is 0 Å². The summed E-state index contributed by atoms with van der Waals surface area (Å²) in [5, 5.41) is 4.85. The topological polar surface area (TPSA) is 32.3 Å². The van der Waals surface area contributed by atoms with Gasteiger partial charge >= 0.3 is 0 Å². The van der Waals surface area contributed by atoms with Crippen LogP contribution in [0.5, 0.6) is 0 Å². The van der Waals surface area contributed by atoms with Crippen molar-refractivity contribution < 1.29 is 4.79 Å². The summed E-state index contributed by atoms with van der Waals surface area (Å²) in [6.45, 7) is 1.72. The molecule has 2 aromatic rings. The van der Waals surface area contributed by atoms with Crippen molar-refractivity contribution in [3.63, 3.8) is 0 Å². The average molecular weight is 384 g/mol. The zero-order valence-corrected chi connectivity index (χ0v) is 15.2. The van der Waals surface area contributed by atoms with Gasteiger partial charge in [-0.3, -0.25) is 4.79 Å². The number of hydrogen-bond acceptors (Lipinski definition) is 2. The number of benzene rings is 2. The van der Waals surface area contributed by atoms with Crippen molar-refractivity contribution in [3.05, 3.63) is 63.1 Å². The molecule has 126 valence electrons. The molecule has 3 rings (SSSR count). The van der Waals surface area contributed by atoms with E-state index in [9.17, 15) is 4.79 Å². The lowest BCUT2D eigenvalue weighted by atomic mass is 10.0. The Kier molecular flexibility index (Phi) is 5.67. The molecule has 1 N–H and O–H groups in total. The van der Waals surface area contributed by atoms with E-state index in [0.717, 1.165) is 31.6 Å². The smallest absolute Gasteiger partial charge is 0.260 e. The van der Waals surface area contributed by atoms with E-state index in [0.29, 0.717) is 20.6 Å². The van der Waals surface area contributed by atoms with Gasteiger partial charge in [0.05, 0.1) is 10.6 Å². The standard InChI is InChI=1S/C18H17Cl3N2O/c19-12-3-6-14(7-4-12)23(15-2-1-9-22-11-15)18(24)16-8-5-13(20)10-17(16)21/h3-8,10,15,22H,1-2,9,11H2. The van der Waals surface area contributed by atoms with Gasteiger partial charge in [-0.2, -0.15) is 0 Å². The fourth-order valence-electron chi connectivity index (χ4n) is 2.94. The van der Waals surface area contributed by atoms with Gasteiger partial charge in [-0.15, -0.1) is 0 Å². The third-order valence-electron chi connectivity index (χ3n) is 4.12. The summed E-state index contributed by atoms with van der Waals surface area (Å²) in [4.78, 5) is 15.0. The molecule has 1 aliphatic heterocycles. The lowest BCUT2D eigenvalue weighted by Crippen LogP contribution is -2.49. The Bertz CT molecular complexity index is 728. The lowest BCUT2D eigenvalue weighted by molar-refractivity contribution is 0.0972. The Morgan fingerprint density at radius 1 is 1.04 bits per heavy atom. The Hall–Kier alpha value is -1.26. The van der Waals surface area contributed by atoms with Crippen LogP contribution in [0, 0.1) is 0 Å². The minimum Gasteiger partial charge on any atom is -0.315 e. The van der Waals surface area contributed by atoms with Crippen molar-refractivity contribution in [3.8, 4) is 0 Å². The van der Waals surface area contributed by atoms with E-state index in [1.54, 1.807) is 35.2 Å². The molecule has 1 amide bonds. The van der Waals surface area contributed by atoms with Gasteiger partial charge < -0.3 is 10.2 Å². The zero-order valence-electron chi connectivity index (χ0n) is 12.9. The molecule has 0 aromatic heterocycles. The van der Waals surface area contributed by atoms with Gasteiger partial charge in [0.25, 0.3) is 5.91 Å². The van der Waals surface area contributed by atoms with Crippen LogP contribution >= 0.6 is 34.8 Å². The lowest BCUT2D eigenvalue weighted by Gasteiger charge is -2.35. The monoisotopic (exact) mass is 382 g/mol. The summed E-state index contributed by atoms with van der Waals surface area (Å²) < 4.78 is 0.